The van der Waals surface area contributed by atoms with Crippen LogP contribution >= 0.6 is 0 Å². The standard InChI is InChI=1S/C15H28N3O/c1-13(17-9-5-2-3-6-10-17)12-18-11-7-4-8-14(18)15(16)19/h4,13-14H,2-3,5-12H2,1H3,(H2,16,19)/t13-,14?/m1/s1. The first-order chi connectivity index (χ1) is 9.18. The topological polar surface area (TPSA) is 49.6 Å². The first-order valence-corrected chi connectivity index (χ1v) is 7.77. The Kier molecular flexibility index (Phi) is 5.64. The maximum absolute atomic E-state index is 11.5. The Morgan fingerprint density at radius 3 is 2.58 bits per heavy atom. The van der Waals surface area contributed by atoms with Crippen LogP contribution in [0.3, 0.4) is 0 Å². The molecule has 2 fully saturated rings. The van der Waals surface area contributed by atoms with Crippen LogP contribution in [-0.2, 0) is 4.79 Å². The Hall–Kier alpha value is -0.610. The van der Waals surface area contributed by atoms with Gasteiger partial charge in [-0.1, -0.05) is 12.8 Å². The average molecular weight is 266 g/mol. The second kappa shape index (κ2) is 7.25. The van der Waals surface area contributed by atoms with Crippen LogP contribution < -0.4 is 5.73 Å². The molecule has 2 rings (SSSR count). The molecule has 19 heavy (non-hydrogen) atoms. The fourth-order valence-electron chi connectivity index (χ4n) is 3.34. The third-order valence-corrected chi connectivity index (χ3v) is 4.54. The van der Waals surface area contributed by atoms with Crippen LogP contribution in [-0.4, -0.2) is 54.0 Å². The summed E-state index contributed by atoms with van der Waals surface area (Å²) >= 11 is 0. The minimum atomic E-state index is -0.168. The molecule has 2 N–H and O–H groups in total. The number of piperidine rings is 1. The number of primary amides is 1. The predicted octanol–water partition coefficient (Wildman–Crippen LogP) is 1.40. The molecule has 0 bridgehead atoms. The van der Waals surface area contributed by atoms with E-state index >= 15 is 0 Å². The van der Waals surface area contributed by atoms with Gasteiger partial charge in [-0.15, -0.1) is 0 Å². The number of carbonyl (C=O) groups is 1. The van der Waals surface area contributed by atoms with Gasteiger partial charge in [0.05, 0.1) is 6.04 Å². The number of nitrogens with two attached hydrogens (primary N) is 1. The SMILES string of the molecule is C[C@H](CN1CC[CH]CC1C(N)=O)N1CCCCCC1. The molecule has 0 aromatic heterocycles. The molecule has 0 spiro atoms. The van der Waals surface area contributed by atoms with Crippen molar-refractivity contribution in [3.8, 4) is 0 Å². The van der Waals surface area contributed by atoms with Crippen LogP contribution in [0.25, 0.3) is 0 Å². The Labute approximate surface area is 117 Å². The van der Waals surface area contributed by atoms with Gasteiger partial charge in [-0.2, -0.15) is 0 Å². The molecule has 0 aliphatic carbocycles. The maximum Gasteiger partial charge on any atom is 0.234 e. The van der Waals surface area contributed by atoms with E-state index in [1.165, 1.54) is 38.8 Å². The van der Waals surface area contributed by atoms with Crippen LogP contribution in [0.15, 0.2) is 0 Å². The second-order valence-electron chi connectivity index (χ2n) is 6.03. The number of rotatable bonds is 4. The predicted molar refractivity (Wildman–Crippen MR) is 77.6 cm³/mol. The van der Waals surface area contributed by atoms with Gasteiger partial charge in [-0.3, -0.25) is 14.6 Å². The summed E-state index contributed by atoms with van der Waals surface area (Å²) in [5.74, 6) is -0.168. The van der Waals surface area contributed by atoms with E-state index in [0.29, 0.717) is 6.04 Å². The van der Waals surface area contributed by atoms with Crippen molar-refractivity contribution >= 4 is 5.91 Å². The van der Waals surface area contributed by atoms with Crippen molar-refractivity contribution in [1.82, 2.24) is 9.80 Å². The van der Waals surface area contributed by atoms with E-state index in [1.54, 1.807) is 0 Å². The molecule has 2 aliphatic rings. The van der Waals surface area contributed by atoms with Crippen LogP contribution in [0.4, 0.5) is 0 Å². The van der Waals surface area contributed by atoms with E-state index in [0.717, 1.165) is 25.9 Å². The number of hydrogen-bond acceptors (Lipinski definition) is 3. The van der Waals surface area contributed by atoms with Crippen molar-refractivity contribution < 1.29 is 4.79 Å². The second-order valence-corrected chi connectivity index (χ2v) is 6.03. The molecule has 0 aromatic carbocycles. The lowest BCUT2D eigenvalue weighted by atomic mass is 10.0. The van der Waals surface area contributed by atoms with Gasteiger partial charge in [0.25, 0.3) is 0 Å². The zero-order chi connectivity index (χ0) is 13.7. The highest BCUT2D eigenvalue weighted by Gasteiger charge is 2.29. The number of likely N-dealkylation sites (tertiary alicyclic amines) is 2. The lowest BCUT2D eigenvalue weighted by molar-refractivity contribution is -0.124. The van der Waals surface area contributed by atoms with E-state index in [9.17, 15) is 4.79 Å². The molecule has 4 nitrogen and oxygen atoms in total. The van der Waals surface area contributed by atoms with Gasteiger partial charge in [0.2, 0.25) is 5.91 Å². The van der Waals surface area contributed by atoms with Crippen LogP contribution in [0.2, 0.25) is 0 Å². The third-order valence-electron chi connectivity index (χ3n) is 4.54. The molecule has 1 unspecified atom stereocenters. The van der Waals surface area contributed by atoms with Crippen molar-refractivity contribution in [2.75, 3.05) is 26.2 Å². The van der Waals surface area contributed by atoms with E-state index in [1.807, 2.05) is 0 Å². The summed E-state index contributed by atoms with van der Waals surface area (Å²) in [5.41, 5.74) is 5.52. The Morgan fingerprint density at radius 1 is 1.26 bits per heavy atom. The molecule has 1 radical (unpaired) electrons. The minimum absolute atomic E-state index is 0.0804. The molecule has 0 saturated carbocycles. The molecule has 109 valence electrons. The van der Waals surface area contributed by atoms with Gasteiger partial charge in [-0.05, 0) is 58.7 Å². The number of hydrogen-bond donors (Lipinski definition) is 1. The smallest absolute Gasteiger partial charge is 0.234 e. The summed E-state index contributed by atoms with van der Waals surface area (Å²) in [6.45, 7) is 6.67. The summed E-state index contributed by atoms with van der Waals surface area (Å²) < 4.78 is 0. The molecule has 2 aliphatic heterocycles. The first-order valence-electron chi connectivity index (χ1n) is 7.77. The van der Waals surface area contributed by atoms with Gasteiger partial charge < -0.3 is 5.73 Å². The highest BCUT2D eigenvalue weighted by atomic mass is 16.1. The summed E-state index contributed by atoms with van der Waals surface area (Å²) in [6, 6.07) is 0.446. The van der Waals surface area contributed by atoms with Crippen LogP contribution in [0, 0.1) is 6.42 Å². The van der Waals surface area contributed by atoms with Gasteiger partial charge >= 0.3 is 0 Å². The minimum Gasteiger partial charge on any atom is -0.368 e. The Balaban J connectivity index is 1.88. The normalized spacial score (nSPS) is 28.8. The molecular formula is C15H28N3O. The van der Waals surface area contributed by atoms with Crippen molar-refractivity contribution in [2.45, 2.75) is 57.5 Å². The summed E-state index contributed by atoms with van der Waals surface area (Å²) in [5, 5.41) is 0. The van der Waals surface area contributed by atoms with E-state index in [2.05, 4.69) is 23.1 Å². The van der Waals surface area contributed by atoms with Gasteiger partial charge in [0, 0.05) is 12.6 Å². The molecule has 1 amide bonds. The zero-order valence-corrected chi connectivity index (χ0v) is 12.2. The fourth-order valence-corrected chi connectivity index (χ4v) is 3.34. The van der Waals surface area contributed by atoms with Crippen LogP contribution in [0.1, 0.15) is 45.4 Å². The van der Waals surface area contributed by atoms with Crippen molar-refractivity contribution in [3.63, 3.8) is 0 Å². The Morgan fingerprint density at radius 2 is 1.95 bits per heavy atom. The quantitative estimate of drug-likeness (QED) is 0.837. The molecule has 0 aromatic rings. The lowest BCUT2D eigenvalue weighted by Gasteiger charge is -2.38. The average Bonchev–Trinajstić information content (AvgIpc) is 2.68. The monoisotopic (exact) mass is 266 g/mol. The molecule has 2 saturated heterocycles. The van der Waals surface area contributed by atoms with Gasteiger partial charge in [-0.25, -0.2) is 0 Å². The summed E-state index contributed by atoms with van der Waals surface area (Å²) in [6.07, 6.45) is 9.47. The highest BCUT2D eigenvalue weighted by molar-refractivity contribution is 5.80. The van der Waals surface area contributed by atoms with Gasteiger partial charge in [0.1, 0.15) is 0 Å². The Bertz CT molecular complexity index is 287. The third kappa shape index (κ3) is 4.18. The van der Waals surface area contributed by atoms with E-state index in [-0.39, 0.29) is 11.9 Å². The number of nitrogens with zero attached hydrogens (tertiary/aromatic N) is 2. The van der Waals surface area contributed by atoms with Crippen molar-refractivity contribution in [3.05, 3.63) is 6.42 Å². The molecule has 2 heterocycles. The molecular weight excluding hydrogens is 238 g/mol. The zero-order valence-electron chi connectivity index (χ0n) is 12.2. The van der Waals surface area contributed by atoms with E-state index < -0.39 is 0 Å². The summed E-state index contributed by atoms with van der Waals surface area (Å²) in [7, 11) is 0. The fraction of sp³-hybridized carbons (Fsp3) is 0.867. The highest BCUT2D eigenvalue weighted by Crippen LogP contribution is 2.19. The van der Waals surface area contributed by atoms with Crippen molar-refractivity contribution in [2.24, 2.45) is 5.73 Å². The maximum atomic E-state index is 11.5. The first kappa shape index (κ1) is 14.8. The lowest BCUT2D eigenvalue weighted by Crippen LogP contribution is -2.52. The van der Waals surface area contributed by atoms with E-state index in [4.69, 9.17) is 5.73 Å². The molecule has 2 atom stereocenters. The van der Waals surface area contributed by atoms with Crippen molar-refractivity contribution in [1.29, 1.82) is 0 Å². The summed E-state index contributed by atoms with van der Waals surface area (Å²) in [4.78, 5) is 16.4. The van der Waals surface area contributed by atoms with Crippen LogP contribution in [0.5, 0.6) is 0 Å². The number of carbonyl (C=O) groups excluding carboxylic acids is 1. The molecule has 4 heteroatoms. The number of amides is 1. The van der Waals surface area contributed by atoms with Gasteiger partial charge in [0.15, 0.2) is 0 Å². The largest absolute Gasteiger partial charge is 0.368 e.